The van der Waals surface area contributed by atoms with Crippen LogP contribution in [0.15, 0.2) is 0 Å². The average Bonchev–Trinajstić information content (AvgIpc) is 2.39. The van der Waals surface area contributed by atoms with Crippen molar-refractivity contribution in [2.24, 2.45) is 0 Å². The van der Waals surface area contributed by atoms with Gasteiger partial charge in [-0.3, -0.25) is 0 Å². The number of aromatic nitrogens is 2. The monoisotopic (exact) mass is 269 g/mol. The first-order chi connectivity index (χ1) is 8.99. The predicted octanol–water partition coefficient (Wildman–Crippen LogP) is 0.880. The van der Waals surface area contributed by atoms with Crippen LogP contribution in [0.25, 0.3) is 0 Å². The molecule has 8 heteroatoms. The summed E-state index contributed by atoms with van der Waals surface area (Å²) in [6.07, 6.45) is 0.213. The van der Waals surface area contributed by atoms with E-state index in [9.17, 15) is 4.79 Å². The number of hydrogen-bond donors (Lipinski definition) is 2. The van der Waals surface area contributed by atoms with Crippen LogP contribution in [-0.2, 0) is 0 Å². The highest BCUT2D eigenvalue weighted by Gasteiger charge is 2.18. The normalized spacial score (nSPS) is 10.1. The topological polar surface area (TPSA) is 117 Å². The van der Waals surface area contributed by atoms with Gasteiger partial charge >= 0.3 is 6.09 Å². The summed E-state index contributed by atoms with van der Waals surface area (Å²) >= 11 is 0. The Morgan fingerprint density at radius 3 is 2.47 bits per heavy atom. The summed E-state index contributed by atoms with van der Waals surface area (Å²) < 4.78 is 10.4. The lowest BCUT2D eigenvalue weighted by molar-refractivity contribution is 0.163. The first-order valence-electron chi connectivity index (χ1n) is 5.98. The van der Waals surface area contributed by atoms with Gasteiger partial charge in [-0.1, -0.05) is 6.92 Å². The number of nitrogens with two attached hydrogens (primary N) is 2. The number of amides is 1. The highest BCUT2D eigenvalue weighted by Crippen LogP contribution is 2.29. The molecule has 1 amide bonds. The Kier molecular flexibility index (Phi) is 5.16. The fraction of sp³-hybridized carbons (Fsp3) is 0.545. The maximum absolute atomic E-state index is 11.6. The lowest BCUT2D eigenvalue weighted by Gasteiger charge is -2.15. The fourth-order valence-electron chi connectivity index (χ4n) is 1.12. The van der Waals surface area contributed by atoms with Crippen molar-refractivity contribution in [3.05, 3.63) is 0 Å². The number of rotatable bonds is 5. The molecule has 19 heavy (non-hydrogen) atoms. The van der Waals surface area contributed by atoms with E-state index >= 15 is 0 Å². The van der Waals surface area contributed by atoms with Crippen molar-refractivity contribution < 1.29 is 14.3 Å². The lowest BCUT2D eigenvalue weighted by atomic mass is 10.4. The molecular weight excluding hydrogens is 250 g/mol. The van der Waals surface area contributed by atoms with Crippen LogP contribution in [0.4, 0.5) is 16.4 Å². The zero-order valence-corrected chi connectivity index (χ0v) is 11.3. The van der Waals surface area contributed by atoms with Crippen LogP contribution in [0.2, 0.25) is 0 Å². The minimum Gasteiger partial charge on any atom is -0.476 e. The van der Waals surface area contributed by atoms with E-state index in [4.69, 9.17) is 20.9 Å². The molecule has 0 bridgehead atoms. The second kappa shape index (κ2) is 6.62. The first-order valence-corrected chi connectivity index (χ1v) is 5.98. The van der Waals surface area contributed by atoms with Crippen LogP contribution < -0.4 is 20.9 Å². The first kappa shape index (κ1) is 14.8. The van der Waals surface area contributed by atoms with E-state index in [0.29, 0.717) is 13.2 Å². The van der Waals surface area contributed by atoms with Crippen molar-refractivity contribution in [2.75, 3.05) is 31.7 Å². The highest BCUT2D eigenvalue weighted by molar-refractivity contribution is 5.73. The molecule has 8 nitrogen and oxygen atoms in total. The maximum atomic E-state index is 11.6. The van der Waals surface area contributed by atoms with Crippen molar-refractivity contribution in [3.63, 3.8) is 0 Å². The molecule has 0 aliphatic heterocycles. The number of carbonyl (C=O) groups excluding carboxylic acids is 1. The summed E-state index contributed by atoms with van der Waals surface area (Å²) in [4.78, 5) is 20.7. The average molecular weight is 269 g/mol. The molecular formula is C11H19N5O3. The third-order valence-electron chi connectivity index (χ3n) is 2.31. The summed E-state index contributed by atoms with van der Waals surface area (Å²) in [6, 6.07) is 0. The van der Waals surface area contributed by atoms with Crippen molar-refractivity contribution in [3.8, 4) is 11.8 Å². The van der Waals surface area contributed by atoms with Crippen LogP contribution >= 0.6 is 0 Å². The zero-order valence-electron chi connectivity index (χ0n) is 11.3. The molecule has 0 fully saturated rings. The molecule has 0 saturated carbocycles. The van der Waals surface area contributed by atoms with Gasteiger partial charge in [0.15, 0.2) is 5.69 Å². The quantitative estimate of drug-likeness (QED) is 0.814. The number of anilines is 2. The van der Waals surface area contributed by atoms with Crippen LogP contribution in [0.5, 0.6) is 11.8 Å². The highest BCUT2D eigenvalue weighted by atomic mass is 16.6. The standard InChI is InChI=1S/C11H19N5O3/c1-4-6-18-8-7(12)9(15-10(13)14-8)19-11(17)16(3)5-2/h4-6,12H2,1-3H3,(H2,13,14,15). The minimum absolute atomic E-state index is 0.0560. The van der Waals surface area contributed by atoms with Gasteiger partial charge in [-0.15, -0.1) is 0 Å². The van der Waals surface area contributed by atoms with E-state index in [0.717, 1.165) is 6.42 Å². The van der Waals surface area contributed by atoms with E-state index in [1.807, 2.05) is 13.8 Å². The third-order valence-corrected chi connectivity index (χ3v) is 2.31. The predicted molar refractivity (Wildman–Crippen MR) is 71.0 cm³/mol. The molecule has 1 aromatic heterocycles. The summed E-state index contributed by atoms with van der Waals surface area (Å²) in [6.45, 7) is 4.69. The molecule has 0 unspecified atom stereocenters. The van der Waals surface area contributed by atoms with Gasteiger partial charge < -0.3 is 25.8 Å². The summed E-state index contributed by atoms with van der Waals surface area (Å²) in [5, 5.41) is 0. The van der Waals surface area contributed by atoms with Crippen molar-refractivity contribution >= 4 is 17.7 Å². The molecule has 1 aromatic rings. The minimum atomic E-state index is -0.575. The van der Waals surface area contributed by atoms with E-state index in [1.165, 1.54) is 4.90 Å². The Hall–Kier alpha value is -2.25. The Balaban J connectivity index is 2.94. The molecule has 0 aliphatic rings. The Bertz CT molecular complexity index is 452. The van der Waals surface area contributed by atoms with Gasteiger partial charge in [-0.25, -0.2) is 4.79 Å². The van der Waals surface area contributed by atoms with E-state index < -0.39 is 6.09 Å². The van der Waals surface area contributed by atoms with E-state index in [2.05, 4.69) is 9.97 Å². The molecule has 0 saturated heterocycles. The van der Waals surface area contributed by atoms with Gasteiger partial charge in [0.25, 0.3) is 5.88 Å². The summed E-state index contributed by atoms with van der Waals surface area (Å²) in [5.41, 5.74) is 11.4. The second-order valence-corrected chi connectivity index (χ2v) is 3.84. The van der Waals surface area contributed by atoms with Gasteiger partial charge in [0.2, 0.25) is 11.8 Å². The van der Waals surface area contributed by atoms with Gasteiger partial charge in [0.1, 0.15) is 0 Å². The van der Waals surface area contributed by atoms with Gasteiger partial charge in [0, 0.05) is 13.6 Å². The van der Waals surface area contributed by atoms with Crippen molar-refractivity contribution in [1.82, 2.24) is 14.9 Å². The molecule has 4 N–H and O–H groups in total. The number of hydrogen-bond acceptors (Lipinski definition) is 7. The summed E-state index contributed by atoms with van der Waals surface area (Å²) in [7, 11) is 1.59. The van der Waals surface area contributed by atoms with Gasteiger partial charge in [0.05, 0.1) is 6.61 Å². The van der Waals surface area contributed by atoms with Crippen molar-refractivity contribution in [1.29, 1.82) is 0 Å². The summed E-state index contributed by atoms with van der Waals surface area (Å²) in [5.74, 6) is -0.0394. The number of nitrogen functional groups attached to an aromatic ring is 2. The van der Waals surface area contributed by atoms with E-state index in [1.54, 1.807) is 7.05 Å². The molecule has 0 aromatic carbocycles. The molecule has 0 spiro atoms. The second-order valence-electron chi connectivity index (χ2n) is 3.84. The van der Waals surface area contributed by atoms with Crippen LogP contribution in [0.1, 0.15) is 20.3 Å². The fourth-order valence-corrected chi connectivity index (χ4v) is 1.12. The van der Waals surface area contributed by atoms with Crippen LogP contribution in [0.3, 0.4) is 0 Å². The van der Waals surface area contributed by atoms with Gasteiger partial charge in [-0.05, 0) is 13.3 Å². The number of carbonyl (C=O) groups is 1. The van der Waals surface area contributed by atoms with Crippen LogP contribution in [-0.4, -0.2) is 41.2 Å². The molecule has 106 valence electrons. The maximum Gasteiger partial charge on any atom is 0.416 e. The Labute approximate surface area is 111 Å². The largest absolute Gasteiger partial charge is 0.476 e. The molecule has 1 heterocycles. The smallest absolute Gasteiger partial charge is 0.416 e. The number of nitrogens with zero attached hydrogens (tertiary/aromatic N) is 3. The Morgan fingerprint density at radius 1 is 1.26 bits per heavy atom. The number of ether oxygens (including phenoxy) is 2. The molecule has 0 radical (unpaired) electrons. The zero-order chi connectivity index (χ0) is 14.4. The third kappa shape index (κ3) is 3.87. The lowest BCUT2D eigenvalue weighted by Crippen LogP contribution is -2.30. The van der Waals surface area contributed by atoms with Crippen molar-refractivity contribution in [2.45, 2.75) is 20.3 Å². The van der Waals surface area contributed by atoms with Gasteiger partial charge in [-0.2, -0.15) is 9.97 Å². The molecule has 1 rings (SSSR count). The van der Waals surface area contributed by atoms with Crippen LogP contribution in [0, 0.1) is 0 Å². The molecule has 0 atom stereocenters. The Morgan fingerprint density at radius 2 is 1.89 bits per heavy atom. The van der Waals surface area contributed by atoms with E-state index in [-0.39, 0.29) is 23.4 Å². The SMILES string of the molecule is CCCOc1nc(N)nc(OC(=O)N(C)CC)c1N. The molecule has 0 aliphatic carbocycles.